The van der Waals surface area contributed by atoms with Crippen molar-refractivity contribution >= 4 is 5.97 Å². The summed E-state index contributed by atoms with van der Waals surface area (Å²) >= 11 is 0. The van der Waals surface area contributed by atoms with Gasteiger partial charge in [0.1, 0.15) is 5.56 Å². The molecule has 0 bridgehead atoms. The van der Waals surface area contributed by atoms with Crippen LogP contribution in [-0.2, 0) is 4.74 Å². The molecule has 1 heterocycles. The van der Waals surface area contributed by atoms with Gasteiger partial charge in [0, 0.05) is 5.56 Å². The van der Waals surface area contributed by atoms with Crippen LogP contribution >= 0.6 is 0 Å². The summed E-state index contributed by atoms with van der Waals surface area (Å²) in [4.78, 5) is 11.9. The van der Waals surface area contributed by atoms with Crippen molar-refractivity contribution < 1.29 is 19.0 Å². The maximum Gasteiger partial charge on any atom is 0.341 e. The second kappa shape index (κ2) is 6.10. The largest absolute Gasteiger partial charge is 0.493 e. The molecule has 0 aliphatic carbocycles. The van der Waals surface area contributed by atoms with E-state index in [-0.39, 0.29) is 0 Å². The van der Waals surface area contributed by atoms with Gasteiger partial charge in [-0.05, 0) is 19.1 Å². The second-order valence-electron chi connectivity index (χ2n) is 3.92. The average Bonchev–Trinajstić information content (AvgIpc) is 2.95. The summed E-state index contributed by atoms with van der Waals surface area (Å²) in [6.07, 6.45) is 1.44. The predicted octanol–water partition coefficient (Wildman–Crippen LogP) is 2.27. The van der Waals surface area contributed by atoms with Gasteiger partial charge in [-0.25, -0.2) is 4.79 Å². The van der Waals surface area contributed by atoms with Gasteiger partial charge >= 0.3 is 5.97 Å². The van der Waals surface area contributed by atoms with Gasteiger partial charge in [0.05, 0.1) is 32.7 Å². The number of aromatic amines is 1. The number of aromatic nitrogens is 2. The van der Waals surface area contributed by atoms with Crippen LogP contribution in [0.4, 0.5) is 0 Å². The van der Waals surface area contributed by atoms with Gasteiger partial charge in [0.2, 0.25) is 0 Å². The van der Waals surface area contributed by atoms with Crippen molar-refractivity contribution in [1.82, 2.24) is 10.2 Å². The molecule has 106 valence electrons. The molecule has 0 spiro atoms. The van der Waals surface area contributed by atoms with Gasteiger partial charge in [0.25, 0.3) is 0 Å². The van der Waals surface area contributed by atoms with E-state index in [1.54, 1.807) is 27.2 Å². The van der Waals surface area contributed by atoms with E-state index in [4.69, 9.17) is 14.2 Å². The first-order valence-corrected chi connectivity index (χ1v) is 6.14. The first-order valence-electron chi connectivity index (χ1n) is 6.14. The molecule has 1 aromatic heterocycles. The molecule has 0 saturated heterocycles. The molecule has 20 heavy (non-hydrogen) atoms. The van der Waals surface area contributed by atoms with Crippen molar-refractivity contribution in [2.24, 2.45) is 0 Å². The van der Waals surface area contributed by atoms with Crippen molar-refractivity contribution in [2.45, 2.75) is 6.92 Å². The Hall–Kier alpha value is -2.50. The number of hydrogen-bond acceptors (Lipinski definition) is 5. The van der Waals surface area contributed by atoms with Gasteiger partial charge in [-0.3, -0.25) is 5.10 Å². The van der Waals surface area contributed by atoms with Crippen LogP contribution in [0.25, 0.3) is 11.3 Å². The third kappa shape index (κ3) is 2.45. The number of carbonyl (C=O) groups is 1. The molecule has 0 saturated carbocycles. The van der Waals surface area contributed by atoms with Crippen molar-refractivity contribution in [2.75, 3.05) is 20.8 Å². The molecule has 6 heteroatoms. The number of rotatable bonds is 5. The lowest BCUT2D eigenvalue weighted by molar-refractivity contribution is 0.0527. The number of benzene rings is 1. The molecule has 2 rings (SSSR count). The summed E-state index contributed by atoms with van der Waals surface area (Å²) in [7, 11) is 3.10. The zero-order chi connectivity index (χ0) is 14.5. The lowest BCUT2D eigenvalue weighted by atomic mass is 10.1. The highest BCUT2D eigenvalue weighted by Crippen LogP contribution is 2.38. The van der Waals surface area contributed by atoms with Crippen LogP contribution in [-0.4, -0.2) is 37.0 Å². The Morgan fingerprint density at radius 2 is 2.10 bits per heavy atom. The molecular weight excluding hydrogens is 260 g/mol. The highest BCUT2D eigenvalue weighted by molar-refractivity contribution is 5.97. The molecule has 0 aliphatic heterocycles. The zero-order valence-electron chi connectivity index (χ0n) is 11.6. The summed E-state index contributed by atoms with van der Waals surface area (Å²) < 4.78 is 15.6. The molecule has 0 aliphatic rings. The molecule has 0 fully saturated rings. The van der Waals surface area contributed by atoms with Gasteiger partial charge in [-0.2, -0.15) is 5.10 Å². The Morgan fingerprint density at radius 3 is 2.75 bits per heavy atom. The maximum absolute atomic E-state index is 11.9. The summed E-state index contributed by atoms with van der Waals surface area (Å²) in [6.45, 7) is 2.06. The third-order valence-electron chi connectivity index (χ3n) is 2.81. The van der Waals surface area contributed by atoms with E-state index in [2.05, 4.69) is 10.2 Å². The van der Waals surface area contributed by atoms with E-state index in [1.165, 1.54) is 6.20 Å². The lowest BCUT2D eigenvalue weighted by Gasteiger charge is -2.12. The second-order valence-corrected chi connectivity index (χ2v) is 3.92. The summed E-state index contributed by atoms with van der Waals surface area (Å²) in [5, 5.41) is 6.71. The summed E-state index contributed by atoms with van der Waals surface area (Å²) in [5.41, 5.74) is 1.59. The van der Waals surface area contributed by atoms with Gasteiger partial charge < -0.3 is 14.2 Å². The SMILES string of the molecule is CCOC(=O)c1cn[nH]c1-c1cccc(OC)c1OC. The first kappa shape index (κ1) is 13.9. The van der Waals surface area contributed by atoms with Crippen LogP contribution in [0.15, 0.2) is 24.4 Å². The van der Waals surface area contributed by atoms with E-state index in [9.17, 15) is 4.79 Å². The molecule has 2 aromatic rings. The molecule has 0 atom stereocenters. The third-order valence-corrected chi connectivity index (χ3v) is 2.81. The van der Waals surface area contributed by atoms with Crippen molar-refractivity contribution in [3.8, 4) is 22.8 Å². The minimum absolute atomic E-state index is 0.304. The molecule has 1 N–H and O–H groups in total. The first-order chi connectivity index (χ1) is 9.72. The van der Waals surface area contributed by atoms with Gasteiger partial charge in [-0.15, -0.1) is 0 Å². The minimum Gasteiger partial charge on any atom is -0.493 e. The van der Waals surface area contributed by atoms with E-state index in [1.807, 2.05) is 12.1 Å². The Morgan fingerprint density at radius 1 is 1.30 bits per heavy atom. The number of para-hydroxylation sites is 1. The van der Waals surface area contributed by atoms with Crippen LogP contribution in [0.3, 0.4) is 0 Å². The highest BCUT2D eigenvalue weighted by atomic mass is 16.5. The van der Waals surface area contributed by atoms with Crippen molar-refractivity contribution in [3.63, 3.8) is 0 Å². The van der Waals surface area contributed by atoms with Crippen LogP contribution < -0.4 is 9.47 Å². The number of nitrogens with zero attached hydrogens (tertiary/aromatic N) is 1. The molecular formula is C14H16N2O4. The number of carbonyl (C=O) groups excluding carboxylic acids is 1. The van der Waals surface area contributed by atoms with Gasteiger partial charge in [0.15, 0.2) is 11.5 Å². The predicted molar refractivity (Wildman–Crippen MR) is 73.1 cm³/mol. The fraction of sp³-hybridized carbons (Fsp3) is 0.286. The van der Waals surface area contributed by atoms with E-state index >= 15 is 0 Å². The van der Waals surface area contributed by atoms with Crippen LogP contribution in [0.5, 0.6) is 11.5 Å². The quantitative estimate of drug-likeness (QED) is 0.848. The standard InChI is InChI=1S/C14H16N2O4/c1-4-20-14(17)10-8-15-16-12(10)9-6-5-7-11(18-2)13(9)19-3/h5-8H,4H2,1-3H3,(H,15,16). The Bertz CT molecular complexity index is 607. The molecule has 6 nitrogen and oxygen atoms in total. The normalized spacial score (nSPS) is 10.2. The fourth-order valence-electron chi connectivity index (χ4n) is 1.94. The van der Waals surface area contributed by atoms with E-state index < -0.39 is 5.97 Å². The number of methoxy groups -OCH3 is 2. The maximum atomic E-state index is 11.9. The van der Waals surface area contributed by atoms with Crippen molar-refractivity contribution in [1.29, 1.82) is 0 Å². The Labute approximate surface area is 116 Å². The number of esters is 1. The number of nitrogens with one attached hydrogen (secondary N) is 1. The number of H-pyrrole nitrogens is 1. The lowest BCUT2D eigenvalue weighted by Crippen LogP contribution is -2.05. The molecule has 0 unspecified atom stereocenters. The molecule has 1 aromatic carbocycles. The highest BCUT2D eigenvalue weighted by Gasteiger charge is 2.20. The van der Waals surface area contributed by atoms with E-state index in [0.29, 0.717) is 34.9 Å². The van der Waals surface area contributed by atoms with Crippen LogP contribution in [0.1, 0.15) is 17.3 Å². The minimum atomic E-state index is -0.430. The van der Waals surface area contributed by atoms with E-state index in [0.717, 1.165) is 0 Å². The van der Waals surface area contributed by atoms with Crippen LogP contribution in [0.2, 0.25) is 0 Å². The van der Waals surface area contributed by atoms with Crippen LogP contribution in [0, 0.1) is 0 Å². The Kier molecular flexibility index (Phi) is 4.24. The van der Waals surface area contributed by atoms with Gasteiger partial charge in [-0.1, -0.05) is 6.07 Å². The Balaban J connectivity index is 2.52. The summed E-state index contributed by atoms with van der Waals surface area (Å²) in [6, 6.07) is 5.41. The van der Waals surface area contributed by atoms with Crippen molar-refractivity contribution in [3.05, 3.63) is 30.0 Å². The topological polar surface area (TPSA) is 73.4 Å². The summed E-state index contributed by atoms with van der Waals surface area (Å²) in [5.74, 6) is 0.681. The molecule has 0 amide bonds. The zero-order valence-corrected chi connectivity index (χ0v) is 11.6. The number of hydrogen-bond donors (Lipinski definition) is 1. The molecule has 0 radical (unpaired) electrons. The average molecular weight is 276 g/mol. The smallest absolute Gasteiger partial charge is 0.341 e. The fourth-order valence-corrected chi connectivity index (χ4v) is 1.94. The number of ether oxygens (including phenoxy) is 3. The monoisotopic (exact) mass is 276 g/mol.